The Morgan fingerprint density at radius 3 is 2.62 bits per heavy atom. The highest BCUT2D eigenvalue weighted by Gasteiger charge is 2.09. The number of hydrogen-bond acceptors (Lipinski definition) is 5. The third kappa shape index (κ3) is 6.40. The molecular weight excluding hydrogens is 409 g/mol. The third-order valence-corrected chi connectivity index (χ3v) is 6.31. The molecule has 0 radical (unpaired) electrons. The molecule has 5 nitrogen and oxygen atoms in total. The van der Waals surface area contributed by atoms with Gasteiger partial charge in [-0.25, -0.2) is 17.8 Å². The Hall–Kier alpha value is -2.71. The Labute approximate surface area is 174 Å². The number of rotatable bonds is 9. The minimum Gasteiger partial charge on any atom is -0.384 e. The molecular formula is C21H22FN3O2S2. The molecule has 1 aromatic heterocycles. The summed E-state index contributed by atoms with van der Waals surface area (Å²) in [6.07, 6.45) is 6.32. The van der Waals surface area contributed by atoms with E-state index in [0.717, 1.165) is 28.2 Å². The summed E-state index contributed by atoms with van der Waals surface area (Å²) >= 11 is 1.61. The molecule has 0 bridgehead atoms. The molecule has 0 aliphatic heterocycles. The smallest absolute Gasteiger partial charge is 0.232 e. The van der Waals surface area contributed by atoms with Crippen LogP contribution in [-0.4, -0.2) is 25.7 Å². The zero-order valence-corrected chi connectivity index (χ0v) is 17.6. The first-order valence-corrected chi connectivity index (χ1v) is 11.7. The van der Waals surface area contributed by atoms with Crippen molar-refractivity contribution >= 4 is 44.9 Å². The number of aromatic nitrogens is 1. The highest BCUT2D eigenvalue weighted by atomic mass is 32.2. The van der Waals surface area contributed by atoms with Crippen molar-refractivity contribution in [3.8, 4) is 0 Å². The van der Waals surface area contributed by atoms with E-state index in [-0.39, 0.29) is 11.6 Å². The Bertz CT molecular complexity index is 1060. The molecule has 0 aliphatic carbocycles. The Balaban J connectivity index is 1.81. The van der Waals surface area contributed by atoms with Crippen molar-refractivity contribution in [3.63, 3.8) is 0 Å². The fourth-order valence-electron chi connectivity index (χ4n) is 2.62. The van der Waals surface area contributed by atoms with E-state index in [4.69, 9.17) is 0 Å². The second-order valence-corrected chi connectivity index (χ2v) is 9.29. The molecule has 29 heavy (non-hydrogen) atoms. The zero-order valence-electron chi connectivity index (χ0n) is 15.9. The molecule has 0 saturated carbocycles. The van der Waals surface area contributed by atoms with Gasteiger partial charge >= 0.3 is 0 Å². The van der Waals surface area contributed by atoms with Gasteiger partial charge in [0, 0.05) is 35.9 Å². The van der Waals surface area contributed by atoms with E-state index in [1.54, 1.807) is 48.7 Å². The number of anilines is 2. The van der Waals surface area contributed by atoms with Gasteiger partial charge in [0.05, 0.1) is 10.8 Å². The largest absolute Gasteiger partial charge is 0.384 e. The Kier molecular flexibility index (Phi) is 7.00. The summed E-state index contributed by atoms with van der Waals surface area (Å²) in [5.74, 6) is -0.288. The van der Waals surface area contributed by atoms with Crippen LogP contribution in [0.25, 0.3) is 12.2 Å². The van der Waals surface area contributed by atoms with Crippen LogP contribution in [0.3, 0.4) is 0 Å². The molecule has 8 heteroatoms. The lowest BCUT2D eigenvalue weighted by atomic mass is 10.1. The van der Waals surface area contributed by atoms with E-state index < -0.39 is 10.0 Å². The van der Waals surface area contributed by atoms with Crippen LogP contribution >= 0.6 is 11.3 Å². The van der Waals surface area contributed by atoms with Gasteiger partial charge in [-0.3, -0.25) is 4.72 Å². The van der Waals surface area contributed by atoms with Crippen LogP contribution < -0.4 is 10.0 Å². The lowest BCUT2D eigenvalue weighted by Gasteiger charge is -2.13. The number of benzene rings is 2. The first-order valence-electron chi connectivity index (χ1n) is 9.15. The number of hydrogen-bond donors (Lipinski definition) is 2. The van der Waals surface area contributed by atoms with Gasteiger partial charge in [-0.2, -0.15) is 0 Å². The number of sulfonamides is 1. The highest BCUT2D eigenvalue weighted by molar-refractivity contribution is 7.92. The fourth-order valence-corrected chi connectivity index (χ4v) is 3.87. The van der Waals surface area contributed by atoms with Crippen molar-refractivity contribution in [1.82, 2.24) is 4.98 Å². The van der Waals surface area contributed by atoms with Gasteiger partial charge in [-0.15, -0.1) is 11.3 Å². The molecule has 0 spiro atoms. The monoisotopic (exact) mass is 431 g/mol. The van der Waals surface area contributed by atoms with Gasteiger partial charge in [-0.05, 0) is 48.4 Å². The summed E-state index contributed by atoms with van der Waals surface area (Å²) in [6, 6.07) is 11.5. The number of nitrogens with zero attached hydrogens (tertiary/aromatic N) is 1. The molecule has 3 aromatic rings. The third-order valence-electron chi connectivity index (χ3n) is 4.17. The van der Waals surface area contributed by atoms with Crippen molar-refractivity contribution in [2.45, 2.75) is 13.3 Å². The van der Waals surface area contributed by atoms with Gasteiger partial charge in [-0.1, -0.05) is 24.3 Å². The summed E-state index contributed by atoms with van der Waals surface area (Å²) in [5, 5.41) is 6.37. The quantitative estimate of drug-likeness (QED) is 0.474. The molecule has 0 fully saturated rings. The van der Waals surface area contributed by atoms with Gasteiger partial charge < -0.3 is 5.32 Å². The van der Waals surface area contributed by atoms with Crippen LogP contribution in [0.15, 0.2) is 54.0 Å². The lowest BCUT2D eigenvalue weighted by molar-refractivity contribution is 0.602. The van der Waals surface area contributed by atoms with E-state index in [1.165, 1.54) is 12.1 Å². The topological polar surface area (TPSA) is 71.1 Å². The highest BCUT2D eigenvalue weighted by Crippen LogP contribution is 2.24. The summed E-state index contributed by atoms with van der Waals surface area (Å²) in [7, 11) is -3.36. The second-order valence-electron chi connectivity index (χ2n) is 6.30. The summed E-state index contributed by atoms with van der Waals surface area (Å²) in [5.41, 5.74) is 3.04. The summed E-state index contributed by atoms with van der Waals surface area (Å²) in [6.45, 7) is 2.29. The molecule has 2 N–H and O–H groups in total. The van der Waals surface area contributed by atoms with Crippen molar-refractivity contribution < 1.29 is 12.8 Å². The average molecular weight is 432 g/mol. The molecule has 3 rings (SSSR count). The molecule has 0 saturated heterocycles. The van der Waals surface area contributed by atoms with Crippen LogP contribution in [0, 0.1) is 5.82 Å². The van der Waals surface area contributed by atoms with E-state index in [2.05, 4.69) is 15.0 Å². The maximum atomic E-state index is 13.1. The van der Waals surface area contributed by atoms with Gasteiger partial charge in [0.15, 0.2) is 0 Å². The van der Waals surface area contributed by atoms with Crippen LogP contribution in [0.1, 0.15) is 23.1 Å². The van der Waals surface area contributed by atoms with Crippen LogP contribution in [0.2, 0.25) is 0 Å². The molecule has 0 unspecified atom stereocenters. The molecule has 152 valence electrons. The summed E-state index contributed by atoms with van der Waals surface area (Å²) in [4.78, 5) is 4.27. The fraction of sp³-hybridized carbons (Fsp3) is 0.190. The zero-order chi connectivity index (χ0) is 20.7. The SMILES string of the molecule is CCS(=O)(=O)Nc1ccc(NCCc2nccs2)c(/C=C/c2ccc(F)cc2)c1. The molecule has 0 atom stereocenters. The van der Waals surface area contributed by atoms with E-state index in [1.807, 2.05) is 23.6 Å². The molecule has 0 aliphatic rings. The predicted molar refractivity (Wildman–Crippen MR) is 119 cm³/mol. The summed E-state index contributed by atoms with van der Waals surface area (Å²) < 4.78 is 39.5. The van der Waals surface area contributed by atoms with E-state index >= 15 is 0 Å². The minimum atomic E-state index is -3.36. The predicted octanol–water partition coefficient (Wildman–Crippen LogP) is 4.87. The molecule has 0 amide bonds. The minimum absolute atomic E-state index is 0.00155. The van der Waals surface area contributed by atoms with Crippen LogP contribution in [-0.2, 0) is 16.4 Å². The average Bonchev–Trinajstić information content (AvgIpc) is 3.22. The number of halogens is 1. The van der Waals surface area contributed by atoms with Crippen molar-refractivity contribution in [2.24, 2.45) is 0 Å². The molecule has 2 aromatic carbocycles. The Morgan fingerprint density at radius 1 is 1.14 bits per heavy atom. The van der Waals surface area contributed by atoms with Crippen LogP contribution in [0.5, 0.6) is 0 Å². The second kappa shape index (κ2) is 9.67. The first-order chi connectivity index (χ1) is 13.9. The number of nitrogens with one attached hydrogen (secondary N) is 2. The van der Waals surface area contributed by atoms with Crippen LogP contribution in [0.4, 0.5) is 15.8 Å². The first kappa shape index (κ1) is 21.0. The van der Waals surface area contributed by atoms with Crippen molar-refractivity contribution in [3.05, 3.63) is 76.0 Å². The van der Waals surface area contributed by atoms with Crippen molar-refractivity contribution in [1.29, 1.82) is 0 Å². The van der Waals surface area contributed by atoms with E-state index in [9.17, 15) is 12.8 Å². The molecule has 1 heterocycles. The van der Waals surface area contributed by atoms with Crippen molar-refractivity contribution in [2.75, 3.05) is 22.3 Å². The standard InChI is InChI=1S/C21H22FN3O2S2/c1-2-29(26,27)25-19-9-10-20(23-12-11-21-24-13-14-28-21)17(15-19)6-3-16-4-7-18(22)8-5-16/h3-10,13-15,23,25H,2,11-12H2,1H3/b6-3+. The van der Waals surface area contributed by atoms with Gasteiger partial charge in [0.2, 0.25) is 10.0 Å². The maximum absolute atomic E-state index is 13.1. The number of thiazole rings is 1. The lowest BCUT2D eigenvalue weighted by Crippen LogP contribution is -2.14. The van der Waals surface area contributed by atoms with Gasteiger partial charge in [0.1, 0.15) is 5.82 Å². The maximum Gasteiger partial charge on any atom is 0.232 e. The van der Waals surface area contributed by atoms with Gasteiger partial charge in [0.25, 0.3) is 0 Å². The Morgan fingerprint density at radius 2 is 1.93 bits per heavy atom. The normalized spacial score (nSPS) is 11.7. The van der Waals surface area contributed by atoms with E-state index in [0.29, 0.717) is 12.2 Å².